The largest absolute Gasteiger partial charge is 0.358 e. The zero-order chi connectivity index (χ0) is 16.3. The van der Waals surface area contributed by atoms with Crippen LogP contribution in [0.4, 0.5) is 0 Å². The molecular formula is C18H30N4O. The van der Waals surface area contributed by atoms with Crippen LogP contribution in [-0.4, -0.2) is 54.4 Å². The molecule has 2 rings (SSSR count). The molecule has 1 atom stereocenters. The Kier molecular flexibility index (Phi) is 7.87. The first-order chi connectivity index (χ1) is 11.3. The molecule has 128 valence electrons. The van der Waals surface area contributed by atoms with Gasteiger partial charge in [0.1, 0.15) is 0 Å². The van der Waals surface area contributed by atoms with E-state index in [9.17, 15) is 4.79 Å². The summed E-state index contributed by atoms with van der Waals surface area (Å²) in [6.07, 6.45) is 16.8. The monoisotopic (exact) mass is 318 g/mol. The molecular weight excluding hydrogens is 288 g/mol. The zero-order valence-electron chi connectivity index (χ0n) is 14.3. The molecule has 0 bridgehead atoms. The summed E-state index contributed by atoms with van der Waals surface area (Å²) in [6, 6.07) is 0. The van der Waals surface area contributed by atoms with Crippen molar-refractivity contribution in [2.24, 2.45) is 4.99 Å². The van der Waals surface area contributed by atoms with Crippen molar-refractivity contribution in [2.45, 2.75) is 51.7 Å². The molecule has 0 saturated carbocycles. The lowest BCUT2D eigenvalue weighted by Gasteiger charge is -2.37. The Balaban J connectivity index is 1.61. The van der Waals surface area contributed by atoms with Crippen LogP contribution in [0.3, 0.4) is 0 Å². The van der Waals surface area contributed by atoms with Gasteiger partial charge < -0.3 is 10.2 Å². The molecule has 1 saturated heterocycles. The summed E-state index contributed by atoms with van der Waals surface area (Å²) in [6.45, 7) is 5.50. The van der Waals surface area contributed by atoms with Gasteiger partial charge in [-0.05, 0) is 25.0 Å². The molecule has 0 aromatic rings. The van der Waals surface area contributed by atoms with Gasteiger partial charge in [-0.1, -0.05) is 38.7 Å². The minimum atomic E-state index is 0.0240. The highest BCUT2D eigenvalue weighted by atomic mass is 16.2. The number of carbonyl (C=O) groups excluding carboxylic acids is 1. The summed E-state index contributed by atoms with van der Waals surface area (Å²) in [5.74, 6) is 0.151. The molecule has 1 fully saturated rings. The van der Waals surface area contributed by atoms with Crippen LogP contribution in [0, 0.1) is 0 Å². The normalized spacial score (nSPS) is 21.8. The number of piperazine rings is 1. The lowest BCUT2D eigenvalue weighted by molar-refractivity contribution is -0.128. The van der Waals surface area contributed by atoms with Gasteiger partial charge in [-0.2, -0.15) is 0 Å². The fourth-order valence-electron chi connectivity index (χ4n) is 2.90. The van der Waals surface area contributed by atoms with Crippen molar-refractivity contribution in [1.82, 2.24) is 15.1 Å². The second-order valence-corrected chi connectivity index (χ2v) is 6.16. The van der Waals surface area contributed by atoms with Crippen molar-refractivity contribution >= 4 is 12.1 Å². The lowest BCUT2D eigenvalue weighted by Crippen LogP contribution is -2.54. The number of unbranched alkanes of at least 4 members (excludes halogenated alkanes) is 5. The number of nitrogens with one attached hydrogen (secondary N) is 1. The first kappa shape index (κ1) is 17.7. The fraction of sp³-hybridized carbons (Fsp3) is 0.667. The molecule has 23 heavy (non-hydrogen) atoms. The summed E-state index contributed by atoms with van der Waals surface area (Å²) < 4.78 is 0. The van der Waals surface area contributed by atoms with Crippen LogP contribution in [0.25, 0.3) is 0 Å². The lowest BCUT2D eigenvalue weighted by atomic mass is 10.1. The maximum Gasteiger partial charge on any atom is 0.246 e. The van der Waals surface area contributed by atoms with E-state index in [1.54, 1.807) is 6.08 Å². The first-order valence-electron chi connectivity index (χ1n) is 8.95. The Morgan fingerprint density at radius 3 is 2.70 bits per heavy atom. The molecule has 1 N–H and O–H groups in total. The standard InChI is InChI=1S/C18H30N4O/c1-2-3-4-5-6-7-8-10-17(23)21-13-15-22(16-14-21)18-19-11-9-12-20-18/h8-12,18-19H,2-7,13-16H2,1H3/b10-8+. The summed E-state index contributed by atoms with van der Waals surface area (Å²) in [5, 5.41) is 3.23. The summed E-state index contributed by atoms with van der Waals surface area (Å²) >= 11 is 0. The highest BCUT2D eigenvalue weighted by Crippen LogP contribution is 2.09. The van der Waals surface area contributed by atoms with Crippen molar-refractivity contribution in [3.05, 3.63) is 24.4 Å². The molecule has 1 unspecified atom stereocenters. The van der Waals surface area contributed by atoms with Crippen molar-refractivity contribution in [3.63, 3.8) is 0 Å². The van der Waals surface area contributed by atoms with E-state index in [1.807, 2.05) is 29.5 Å². The molecule has 0 aromatic heterocycles. The average Bonchev–Trinajstić information content (AvgIpc) is 2.61. The second kappa shape index (κ2) is 10.2. The van der Waals surface area contributed by atoms with Crippen LogP contribution in [-0.2, 0) is 4.79 Å². The van der Waals surface area contributed by atoms with Gasteiger partial charge in [0.25, 0.3) is 0 Å². The van der Waals surface area contributed by atoms with Gasteiger partial charge in [-0.25, -0.2) is 0 Å². The number of allylic oxidation sites excluding steroid dienone is 2. The number of aliphatic imine (C=N–C) groups is 1. The summed E-state index contributed by atoms with van der Waals surface area (Å²) in [5.41, 5.74) is 0. The number of carbonyl (C=O) groups is 1. The van der Waals surface area contributed by atoms with Gasteiger partial charge in [-0.3, -0.25) is 14.7 Å². The highest BCUT2D eigenvalue weighted by molar-refractivity contribution is 5.87. The maximum absolute atomic E-state index is 12.2. The van der Waals surface area contributed by atoms with E-state index in [0.29, 0.717) is 0 Å². The fourth-order valence-corrected chi connectivity index (χ4v) is 2.90. The third-order valence-electron chi connectivity index (χ3n) is 4.36. The summed E-state index contributed by atoms with van der Waals surface area (Å²) in [4.78, 5) is 20.8. The van der Waals surface area contributed by atoms with Gasteiger partial charge in [0.05, 0.1) is 0 Å². The van der Waals surface area contributed by atoms with Crippen LogP contribution in [0.15, 0.2) is 29.4 Å². The zero-order valence-corrected chi connectivity index (χ0v) is 14.3. The van der Waals surface area contributed by atoms with Crippen LogP contribution >= 0.6 is 0 Å². The van der Waals surface area contributed by atoms with E-state index < -0.39 is 0 Å². The molecule has 5 nitrogen and oxygen atoms in total. The van der Waals surface area contributed by atoms with E-state index in [1.165, 1.54) is 32.1 Å². The quantitative estimate of drug-likeness (QED) is 0.552. The van der Waals surface area contributed by atoms with E-state index in [0.717, 1.165) is 32.6 Å². The molecule has 5 heteroatoms. The molecule has 2 aliphatic rings. The number of rotatable bonds is 8. The minimum absolute atomic E-state index is 0.0240. The van der Waals surface area contributed by atoms with Gasteiger partial charge in [0, 0.05) is 38.6 Å². The molecule has 2 aliphatic heterocycles. The Labute approximate surface area is 140 Å². The van der Waals surface area contributed by atoms with Crippen LogP contribution < -0.4 is 5.32 Å². The molecule has 0 radical (unpaired) electrons. The Morgan fingerprint density at radius 2 is 2.00 bits per heavy atom. The van der Waals surface area contributed by atoms with Crippen LogP contribution in [0.2, 0.25) is 0 Å². The van der Waals surface area contributed by atoms with Crippen molar-refractivity contribution in [2.75, 3.05) is 26.2 Å². The molecule has 2 heterocycles. The van der Waals surface area contributed by atoms with Gasteiger partial charge in [0.15, 0.2) is 6.29 Å². The van der Waals surface area contributed by atoms with E-state index in [4.69, 9.17) is 0 Å². The van der Waals surface area contributed by atoms with Crippen molar-refractivity contribution < 1.29 is 4.79 Å². The number of hydrogen-bond donors (Lipinski definition) is 1. The Hall–Kier alpha value is -1.62. The number of nitrogens with zero attached hydrogens (tertiary/aromatic N) is 3. The molecule has 0 aromatic carbocycles. The summed E-state index contributed by atoms with van der Waals surface area (Å²) in [7, 11) is 0. The van der Waals surface area contributed by atoms with Gasteiger partial charge >= 0.3 is 0 Å². The van der Waals surface area contributed by atoms with Crippen LogP contribution in [0.1, 0.15) is 45.4 Å². The van der Waals surface area contributed by atoms with E-state index >= 15 is 0 Å². The predicted molar refractivity (Wildman–Crippen MR) is 95.2 cm³/mol. The van der Waals surface area contributed by atoms with Gasteiger partial charge in [0.2, 0.25) is 5.91 Å². The van der Waals surface area contributed by atoms with Crippen LogP contribution in [0.5, 0.6) is 0 Å². The Morgan fingerprint density at radius 1 is 1.22 bits per heavy atom. The number of hydrogen-bond acceptors (Lipinski definition) is 4. The van der Waals surface area contributed by atoms with E-state index in [2.05, 4.69) is 22.1 Å². The van der Waals surface area contributed by atoms with Gasteiger partial charge in [-0.15, -0.1) is 0 Å². The molecule has 0 spiro atoms. The third-order valence-corrected chi connectivity index (χ3v) is 4.36. The SMILES string of the molecule is CCCCCCC/C=C/C(=O)N1CCN(C2N=CC=CN2)CC1. The first-order valence-corrected chi connectivity index (χ1v) is 8.95. The smallest absolute Gasteiger partial charge is 0.246 e. The minimum Gasteiger partial charge on any atom is -0.358 e. The third kappa shape index (κ3) is 6.18. The second-order valence-electron chi connectivity index (χ2n) is 6.16. The Bertz CT molecular complexity index is 436. The van der Waals surface area contributed by atoms with Crippen molar-refractivity contribution in [3.8, 4) is 0 Å². The topological polar surface area (TPSA) is 47.9 Å². The van der Waals surface area contributed by atoms with E-state index in [-0.39, 0.29) is 12.2 Å². The molecule has 0 aliphatic carbocycles. The number of amides is 1. The maximum atomic E-state index is 12.2. The highest BCUT2D eigenvalue weighted by Gasteiger charge is 2.24. The van der Waals surface area contributed by atoms with Crippen molar-refractivity contribution in [1.29, 1.82) is 0 Å². The molecule has 1 amide bonds. The average molecular weight is 318 g/mol. The predicted octanol–water partition coefficient (Wildman–Crippen LogP) is 2.52.